The highest BCUT2D eigenvalue weighted by molar-refractivity contribution is 5.92. The van der Waals surface area contributed by atoms with Crippen LogP contribution in [0.4, 0.5) is 0 Å². The summed E-state index contributed by atoms with van der Waals surface area (Å²) in [5.74, 6) is -4.76. The molecule has 0 aromatic carbocycles. The van der Waals surface area contributed by atoms with Gasteiger partial charge in [-0.25, -0.2) is 0 Å². The quantitative estimate of drug-likeness (QED) is 0.493. The molecule has 0 aliphatic carbocycles. The normalized spacial score (nSPS) is 15.6. The molecule has 0 aliphatic rings. The Morgan fingerprint density at radius 1 is 0.909 bits per heavy atom. The number of ether oxygens (including phenoxy) is 3. The van der Waals surface area contributed by atoms with Crippen LogP contribution >= 0.6 is 0 Å². The van der Waals surface area contributed by atoms with Gasteiger partial charge in [0, 0.05) is 0 Å². The fourth-order valence-electron chi connectivity index (χ4n) is 2.12. The van der Waals surface area contributed by atoms with Crippen molar-refractivity contribution in [2.75, 3.05) is 19.8 Å². The highest BCUT2D eigenvalue weighted by Crippen LogP contribution is 2.38. The summed E-state index contributed by atoms with van der Waals surface area (Å²) in [6.45, 7) is 7.75. The van der Waals surface area contributed by atoms with E-state index in [0.717, 1.165) is 0 Å². The Morgan fingerprint density at radius 2 is 1.27 bits per heavy atom. The van der Waals surface area contributed by atoms with Crippen LogP contribution in [0.3, 0.4) is 0 Å². The number of nitriles is 1. The first-order chi connectivity index (χ1) is 10.3. The molecule has 0 rings (SSSR count). The molecule has 0 saturated carbocycles. The molecular weight excluding hydrogens is 290 g/mol. The third-order valence-corrected chi connectivity index (χ3v) is 3.44. The van der Waals surface area contributed by atoms with Gasteiger partial charge >= 0.3 is 17.9 Å². The largest absolute Gasteiger partial charge is 0.466 e. The maximum Gasteiger partial charge on any atom is 0.328 e. The Balaban J connectivity index is 5.83. The van der Waals surface area contributed by atoms with Crippen LogP contribution in [-0.4, -0.2) is 37.7 Å². The monoisotopic (exact) mass is 313 g/mol. The fraction of sp³-hybridized carbons (Fsp3) is 0.733. The molecule has 0 heterocycles. The van der Waals surface area contributed by atoms with E-state index < -0.39 is 35.2 Å². The molecule has 2 atom stereocenters. The van der Waals surface area contributed by atoms with Gasteiger partial charge in [0.1, 0.15) is 0 Å². The molecule has 0 aromatic heterocycles. The predicted molar refractivity (Wildman–Crippen MR) is 76.3 cm³/mol. The number of carbonyl (C=O) groups excluding carboxylic acids is 3. The van der Waals surface area contributed by atoms with Crippen LogP contribution in [0.2, 0.25) is 0 Å². The van der Waals surface area contributed by atoms with Gasteiger partial charge in [0.15, 0.2) is 5.41 Å². The molecule has 124 valence electrons. The smallest absolute Gasteiger partial charge is 0.328 e. The second-order valence-corrected chi connectivity index (χ2v) is 4.65. The second kappa shape index (κ2) is 9.03. The number of esters is 3. The lowest BCUT2D eigenvalue weighted by Gasteiger charge is -2.32. The van der Waals surface area contributed by atoms with E-state index in [1.54, 1.807) is 26.8 Å². The lowest BCUT2D eigenvalue weighted by molar-refractivity contribution is -0.173. The van der Waals surface area contributed by atoms with Crippen molar-refractivity contribution in [1.29, 1.82) is 5.26 Å². The number of carbonyl (C=O) groups is 3. The number of hydrogen-bond donors (Lipinski definition) is 0. The zero-order chi connectivity index (χ0) is 17.3. The minimum absolute atomic E-state index is 0.0212. The first-order valence-electron chi connectivity index (χ1n) is 7.25. The van der Waals surface area contributed by atoms with Crippen LogP contribution < -0.4 is 0 Å². The zero-order valence-electron chi connectivity index (χ0n) is 13.7. The van der Waals surface area contributed by atoms with Crippen LogP contribution in [0.1, 0.15) is 34.6 Å². The maximum atomic E-state index is 12.3. The van der Waals surface area contributed by atoms with Crippen molar-refractivity contribution in [1.82, 2.24) is 0 Å². The molecule has 0 N–H and O–H groups in total. The van der Waals surface area contributed by atoms with E-state index in [1.807, 2.05) is 0 Å². The molecule has 0 radical (unpaired) electrons. The summed E-state index contributed by atoms with van der Waals surface area (Å²) in [7, 11) is 0. The highest BCUT2D eigenvalue weighted by atomic mass is 16.5. The van der Waals surface area contributed by atoms with Crippen molar-refractivity contribution >= 4 is 17.9 Å². The average molecular weight is 313 g/mol. The lowest BCUT2D eigenvalue weighted by Crippen LogP contribution is -2.49. The van der Waals surface area contributed by atoms with E-state index in [4.69, 9.17) is 14.2 Å². The van der Waals surface area contributed by atoms with Crippen molar-refractivity contribution in [3.63, 3.8) is 0 Å². The molecular formula is C15H23NO6. The van der Waals surface area contributed by atoms with Gasteiger partial charge in [-0.3, -0.25) is 14.4 Å². The summed E-state index contributed by atoms with van der Waals surface area (Å²) >= 11 is 0. The molecule has 0 aromatic rings. The molecule has 0 bridgehead atoms. The van der Waals surface area contributed by atoms with Gasteiger partial charge in [0.25, 0.3) is 0 Å². The van der Waals surface area contributed by atoms with Crippen molar-refractivity contribution in [3.05, 3.63) is 0 Å². The average Bonchev–Trinajstić information content (AvgIpc) is 2.48. The minimum Gasteiger partial charge on any atom is -0.466 e. The minimum atomic E-state index is -1.99. The molecule has 2 unspecified atom stereocenters. The highest BCUT2D eigenvalue weighted by Gasteiger charge is 2.56. The van der Waals surface area contributed by atoms with E-state index >= 15 is 0 Å². The maximum absolute atomic E-state index is 12.3. The Hall–Kier alpha value is -2.10. The Kier molecular flexibility index (Phi) is 8.17. The Bertz CT molecular complexity index is 429. The summed E-state index contributed by atoms with van der Waals surface area (Å²) in [6.07, 6.45) is 0. The fourth-order valence-corrected chi connectivity index (χ4v) is 2.12. The summed E-state index contributed by atoms with van der Waals surface area (Å²) in [5.41, 5.74) is -1.99. The molecule has 0 amide bonds. The van der Waals surface area contributed by atoms with Crippen LogP contribution in [-0.2, 0) is 28.6 Å². The van der Waals surface area contributed by atoms with E-state index in [2.05, 4.69) is 0 Å². The Labute approximate surface area is 130 Å². The SMILES string of the molecule is CCOC(=O)C(C)C(C#N)(C(=O)OCC)C(C)C(=O)OCC. The summed E-state index contributed by atoms with van der Waals surface area (Å²) in [4.78, 5) is 36.4. The second-order valence-electron chi connectivity index (χ2n) is 4.65. The molecule has 0 aliphatic heterocycles. The first kappa shape index (κ1) is 19.9. The summed E-state index contributed by atoms with van der Waals surface area (Å²) in [5, 5.41) is 9.58. The van der Waals surface area contributed by atoms with Crippen molar-refractivity contribution < 1.29 is 28.6 Å². The number of rotatable bonds is 8. The lowest BCUT2D eigenvalue weighted by atomic mass is 9.68. The van der Waals surface area contributed by atoms with Crippen LogP contribution in [0.15, 0.2) is 0 Å². The van der Waals surface area contributed by atoms with Gasteiger partial charge < -0.3 is 14.2 Å². The van der Waals surface area contributed by atoms with E-state index in [-0.39, 0.29) is 19.8 Å². The molecule has 7 nitrogen and oxygen atoms in total. The predicted octanol–water partition coefficient (Wildman–Crippen LogP) is 1.46. The van der Waals surface area contributed by atoms with Crippen molar-refractivity contribution in [2.24, 2.45) is 17.3 Å². The number of hydrogen-bond acceptors (Lipinski definition) is 7. The van der Waals surface area contributed by atoms with Crippen molar-refractivity contribution in [2.45, 2.75) is 34.6 Å². The third-order valence-electron chi connectivity index (χ3n) is 3.44. The zero-order valence-corrected chi connectivity index (χ0v) is 13.7. The van der Waals surface area contributed by atoms with E-state index in [0.29, 0.717) is 0 Å². The van der Waals surface area contributed by atoms with Gasteiger partial charge in [-0.2, -0.15) is 5.26 Å². The van der Waals surface area contributed by atoms with E-state index in [1.165, 1.54) is 13.8 Å². The third kappa shape index (κ3) is 3.97. The molecule has 7 heteroatoms. The van der Waals surface area contributed by atoms with Gasteiger partial charge in [-0.1, -0.05) is 0 Å². The van der Waals surface area contributed by atoms with Gasteiger partial charge in [-0.05, 0) is 34.6 Å². The summed E-state index contributed by atoms with van der Waals surface area (Å²) < 4.78 is 14.7. The summed E-state index contributed by atoms with van der Waals surface area (Å²) in [6, 6.07) is 1.80. The van der Waals surface area contributed by atoms with Crippen LogP contribution in [0, 0.1) is 28.6 Å². The van der Waals surface area contributed by atoms with Crippen LogP contribution in [0.5, 0.6) is 0 Å². The van der Waals surface area contributed by atoms with Crippen LogP contribution in [0.25, 0.3) is 0 Å². The standard InChI is InChI=1S/C15H23NO6/c1-6-20-12(17)10(4)15(9-16,14(19)22-8-3)11(5)13(18)21-7-2/h10-11H,6-8H2,1-5H3. The Morgan fingerprint density at radius 3 is 1.55 bits per heavy atom. The molecule has 0 spiro atoms. The number of nitrogens with zero attached hydrogens (tertiary/aromatic N) is 1. The van der Waals surface area contributed by atoms with E-state index in [9.17, 15) is 19.6 Å². The van der Waals surface area contributed by atoms with Gasteiger partial charge in [0.05, 0.1) is 37.7 Å². The first-order valence-corrected chi connectivity index (χ1v) is 7.25. The van der Waals surface area contributed by atoms with Gasteiger partial charge in [0.2, 0.25) is 0 Å². The molecule has 0 saturated heterocycles. The topological polar surface area (TPSA) is 103 Å². The molecule has 22 heavy (non-hydrogen) atoms. The van der Waals surface area contributed by atoms with Gasteiger partial charge in [-0.15, -0.1) is 0 Å². The van der Waals surface area contributed by atoms with Crippen molar-refractivity contribution in [3.8, 4) is 6.07 Å². The molecule has 0 fully saturated rings.